The third kappa shape index (κ3) is 4.17. The zero-order chi connectivity index (χ0) is 12.1. The second kappa shape index (κ2) is 6.30. The van der Waals surface area contributed by atoms with E-state index in [0.29, 0.717) is 0 Å². The van der Waals surface area contributed by atoms with E-state index in [4.69, 9.17) is 5.73 Å². The smallest absolute Gasteiger partial charge is 0.0598 e. The van der Waals surface area contributed by atoms with E-state index in [1.807, 2.05) is 6.07 Å². The normalized spacial score (nSPS) is 10.8. The van der Waals surface area contributed by atoms with Gasteiger partial charge in [0.25, 0.3) is 0 Å². The highest BCUT2D eigenvalue weighted by Gasteiger charge is 2.05. The number of nitrogens with zero attached hydrogens (tertiary/aromatic N) is 2. The molecule has 0 saturated heterocycles. The molecule has 0 spiro atoms. The fourth-order valence-electron chi connectivity index (χ4n) is 1.62. The first-order valence-corrected chi connectivity index (χ1v) is 6.49. The largest absolute Gasteiger partial charge is 0.397 e. The summed E-state index contributed by atoms with van der Waals surface area (Å²) in [6.45, 7) is 2.14. The van der Waals surface area contributed by atoms with E-state index in [0.717, 1.165) is 30.9 Å². The van der Waals surface area contributed by atoms with Crippen LogP contribution < -0.4 is 10.6 Å². The van der Waals surface area contributed by atoms with Crippen LogP contribution >= 0.6 is 22.6 Å². The molecular weight excluding hydrogens is 313 g/mol. The highest BCUT2D eigenvalue weighted by molar-refractivity contribution is 14.1. The van der Waals surface area contributed by atoms with Crippen molar-refractivity contribution < 1.29 is 0 Å². The highest BCUT2D eigenvalue weighted by Crippen LogP contribution is 2.24. The van der Waals surface area contributed by atoms with Crippen molar-refractivity contribution >= 4 is 34.0 Å². The minimum absolute atomic E-state index is 0.860. The molecule has 0 aromatic heterocycles. The predicted octanol–water partition coefficient (Wildman–Crippen LogP) is 2.26. The molecule has 1 rings (SSSR count). The van der Waals surface area contributed by atoms with E-state index >= 15 is 0 Å². The van der Waals surface area contributed by atoms with Gasteiger partial charge in [0.15, 0.2) is 0 Å². The standard InChI is InChI=1S/C12H20IN3/c1-15(2)7-4-8-16(3)12-6-5-10(13)9-11(12)14/h5-6,9H,4,7-8,14H2,1-3H3. The van der Waals surface area contributed by atoms with Crippen LogP contribution in [0.15, 0.2) is 18.2 Å². The monoisotopic (exact) mass is 333 g/mol. The molecule has 0 aliphatic carbocycles. The third-order valence-electron chi connectivity index (χ3n) is 2.50. The summed E-state index contributed by atoms with van der Waals surface area (Å²) in [5.41, 5.74) is 7.98. The van der Waals surface area contributed by atoms with E-state index in [1.165, 1.54) is 3.57 Å². The number of benzene rings is 1. The Morgan fingerprint density at radius 1 is 1.19 bits per heavy atom. The minimum atomic E-state index is 0.860. The van der Waals surface area contributed by atoms with Crippen LogP contribution in [-0.2, 0) is 0 Å². The average Bonchev–Trinajstić information content (AvgIpc) is 2.16. The number of rotatable bonds is 5. The van der Waals surface area contributed by atoms with Crippen LogP contribution in [0.3, 0.4) is 0 Å². The zero-order valence-corrected chi connectivity index (χ0v) is 12.4. The van der Waals surface area contributed by atoms with E-state index in [2.05, 4.69) is 65.7 Å². The van der Waals surface area contributed by atoms with Crippen molar-refractivity contribution in [2.24, 2.45) is 0 Å². The first-order valence-electron chi connectivity index (χ1n) is 5.41. The summed E-state index contributed by atoms with van der Waals surface area (Å²) in [7, 11) is 6.28. The summed E-state index contributed by atoms with van der Waals surface area (Å²) in [5, 5.41) is 0. The molecule has 0 heterocycles. The van der Waals surface area contributed by atoms with Crippen LogP contribution in [-0.4, -0.2) is 39.1 Å². The van der Waals surface area contributed by atoms with Gasteiger partial charge in [0.2, 0.25) is 0 Å². The number of nitrogens with two attached hydrogens (primary N) is 1. The summed E-state index contributed by atoms with van der Waals surface area (Å²) >= 11 is 2.28. The topological polar surface area (TPSA) is 32.5 Å². The Morgan fingerprint density at radius 2 is 1.88 bits per heavy atom. The lowest BCUT2D eigenvalue weighted by molar-refractivity contribution is 0.402. The Hall–Kier alpha value is -0.490. The van der Waals surface area contributed by atoms with Crippen LogP contribution in [0.25, 0.3) is 0 Å². The molecule has 0 bridgehead atoms. The van der Waals surface area contributed by atoms with Gasteiger partial charge < -0.3 is 15.5 Å². The lowest BCUT2D eigenvalue weighted by Gasteiger charge is -2.22. The van der Waals surface area contributed by atoms with Gasteiger partial charge in [-0.05, 0) is 67.9 Å². The van der Waals surface area contributed by atoms with Gasteiger partial charge in [-0.1, -0.05) is 0 Å². The molecule has 0 fully saturated rings. The predicted molar refractivity (Wildman–Crippen MR) is 80.0 cm³/mol. The quantitative estimate of drug-likeness (QED) is 0.663. The summed E-state index contributed by atoms with van der Waals surface area (Å²) in [4.78, 5) is 4.42. The summed E-state index contributed by atoms with van der Waals surface area (Å²) in [6, 6.07) is 6.19. The maximum Gasteiger partial charge on any atom is 0.0598 e. The molecule has 1 aromatic carbocycles. The number of anilines is 2. The van der Waals surface area contributed by atoms with Gasteiger partial charge >= 0.3 is 0 Å². The molecular formula is C12H20IN3. The maximum atomic E-state index is 6.00. The van der Waals surface area contributed by atoms with Crippen molar-refractivity contribution in [1.29, 1.82) is 0 Å². The molecule has 16 heavy (non-hydrogen) atoms. The fraction of sp³-hybridized carbons (Fsp3) is 0.500. The number of hydrogen-bond donors (Lipinski definition) is 1. The first kappa shape index (κ1) is 13.6. The molecule has 4 heteroatoms. The van der Waals surface area contributed by atoms with Gasteiger partial charge in [-0.25, -0.2) is 0 Å². The second-order valence-electron chi connectivity index (χ2n) is 4.28. The Labute approximate surface area is 112 Å². The lowest BCUT2D eigenvalue weighted by atomic mass is 10.2. The van der Waals surface area contributed by atoms with Crippen molar-refractivity contribution in [3.63, 3.8) is 0 Å². The highest BCUT2D eigenvalue weighted by atomic mass is 127. The van der Waals surface area contributed by atoms with E-state index in [-0.39, 0.29) is 0 Å². The SMILES string of the molecule is CN(C)CCCN(C)c1ccc(I)cc1N. The van der Waals surface area contributed by atoms with Crippen molar-refractivity contribution in [2.75, 3.05) is 44.9 Å². The molecule has 0 radical (unpaired) electrons. The summed E-state index contributed by atoms with van der Waals surface area (Å²) in [6.07, 6.45) is 1.15. The van der Waals surface area contributed by atoms with Gasteiger partial charge in [0.1, 0.15) is 0 Å². The molecule has 0 unspecified atom stereocenters. The van der Waals surface area contributed by atoms with Crippen molar-refractivity contribution in [3.05, 3.63) is 21.8 Å². The molecule has 0 aliphatic heterocycles. The van der Waals surface area contributed by atoms with Gasteiger partial charge in [-0.2, -0.15) is 0 Å². The van der Waals surface area contributed by atoms with Gasteiger partial charge in [-0.15, -0.1) is 0 Å². The Balaban J connectivity index is 2.55. The average molecular weight is 333 g/mol. The lowest BCUT2D eigenvalue weighted by Crippen LogP contribution is -2.24. The van der Waals surface area contributed by atoms with Crippen LogP contribution in [0.5, 0.6) is 0 Å². The second-order valence-corrected chi connectivity index (χ2v) is 5.53. The molecule has 0 saturated carbocycles. The minimum Gasteiger partial charge on any atom is -0.397 e. The number of halogens is 1. The zero-order valence-electron chi connectivity index (χ0n) is 10.2. The van der Waals surface area contributed by atoms with E-state index in [9.17, 15) is 0 Å². The van der Waals surface area contributed by atoms with Gasteiger partial charge in [0, 0.05) is 17.2 Å². The summed E-state index contributed by atoms with van der Waals surface area (Å²) < 4.78 is 1.18. The number of hydrogen-bond acceptors (Lipinski definition) is 3. The van der Waals surface area contributed by atoms with Crippen LogP contribution in [0.4, 0.5) is 11.4 Å². The Kier molecular flexibility index (Phi) is 5.34. The fourth-order valence-corrected chi connectivity index (χ4v) is 2.13. The van der Waals surface area contributed by atoms with Crippen molar-refractivity contribution in [2.45, 2.75) is 6.42 Å². The van der Waals surface area contributed by atoms with Gasteiger partial charge in [0.05, 0.1) is 11.4 Å². The molecule has 90 valence electrons. The van der Waals surface area contributed by atoms with E-state index in [1.54, 1.807) is 0 Å². The molecule has 1 aromatic rings. The van der Waals surface area contributed by atoms with E-state index < -0.39 is 0 Å². The molecule has 3 nitrogen and oxygen atoms in total. The van der Waals surface area contributed by atoms with Crippen LogP contribution in [0, 0.1) is 3.57 Å². The molecule has 0 atom stereocenters. The Bertz CT molecular complexity index is 339. The third-order valence-corrected chi connectivity index (χ3v) is 3.17. The van der Waals surface area contributed by atoms with Crippen LogP contribution in [0.2, 0.25) is 0 Å². The number of nitrogen functional groups attached to an aromatic ring is 1. The summed E-state index contributed by atoms with van der Waals surface area (Å²) in [5.74, 6) is 0. The molecule has 0 amide bonds. The van der Waals surface area contributed by atoms with Crippen LogP contribution in [0.1, 0.15) is 6.42 Å². The van der Waals surface area contributed by atoms with Gasteiger partial charge in [-0.3, -0.25) is 0 Å². The molecule has 2 N–H and O–H groups in total. The van der Waals surface area contributed by atoms with Crippen molar-refractivity contribution in [3.8, 4) is 0 Å². The maximum absolute atomic E-state index is 6.00. The first-order chi connectivity index (χ1) is 7.50. The molecule has 0 aliphatic rings. The Morgan fingerprint density at radius 3 is 2.44 bits per heavy atom. The van der Waals surface area contributed by atoms with Crippen molar-refractivity contribution in [1.82, 2.24) is 4.90 Å².